The van der Waals surface area contributed by atoms with Gasteiger partial charge in [-0.05, 0) is 38.0 Å². The first-order valence-electron chi connectivity index (χ1n) is 9.46. The van der Waals surface area contributed by atoms with Gasteiger partial charge in [0.05, 0.1) is 0 Å². The van der Waals surface area contributed by atoms with E-state index in [9.17, 15) is 4.79 Å². The molecule has 1 aliphatic rings. The van der Waals surface area contributed by atoms with E-state index in [1.54, 1.807) is 16.9 Å². The first-order valence-corrected chi connectivity index (χ1v) is 9.46. The first kappa shape index (κ1) is 18.2. The summed E-state index contributed by atoms with van der Waals surface area (Å²) in [6.07, 6.45) is 3.64. The van der Waals surface area contributed by atoms with Gasteiger partial charge >= 0.3 is 0 Å². The van der Waals surface area contributed by atoms with Gasteiger partial charge < -0.3 is 9.64 Å². The minimum Gasteiger partial charge on any atom is -0.439 e. The van der Waals surface area contributed by atoms with Crippen molar-refractivity contribution in [3.05, 3.63) is 65.9 Å². The number of amides is 1. The lowest BCUT2D eigenvalue weighted by Gasteiger charge is -2.31. The van der Waals surface area contributed by atoms with Crippen molar-refractivity contribution in [3.63, 3.8) is 0 Å². The molecule has 7 heteroatoms. The Morgan fingerprint density at radius 1 is 1.18 bits per heavy atom. The van der Waals surface area contributed by atoms with Crippen LogP contribution in [0.3, 0.4) is 0 Å². The van der Waals surface area contributed by atoms with Gasteiger partial charge in [0.2, 0.25) is 5.88 Å². The van der Waals surface area contributed by atoms with Crippen LogP contribution in [0, 0.1) is 6.92 Å². The number of likely N-dealkylation sites (tertiary alicyclic amines) is 1. The molecule has 1 aliphatic heterocycles. The molecule has 1 aromatic carbocycles. The van der Waals surface area contributed by atoms with Gasteiger partial charge in [-0.2, -0.15) is 10.1 Å². The van der Waals surface area contributed by atoms with Crippen LogP contribution in [0.15, 0.2) is 48.7 Å². The van der Waals surface area contributed by atoms with Gasteiger partial charge in [-0.15, -0.1) is 0 Å². The highest BCUT2D eigenvalue weighted by Gasteiger charge is 2.28. The van der Waals surface area contributed by atoms with E-state index in [1.807, 2.05) is 55.3 Å². The summed E-state index contributed by atoms with van der Waals surface area (Å²) >= 11 is 0. The number of benzene rings is 1. The number of nitrogens with zero attached hydrogens (tertiary/aromatic N) is 5. The Labute approximate surface area is 164 Å². The van der Waals surface area contributed by atoms with Crippen LogP contribution in [0.1, 0.15) is 40.8 Å². The Kier molecular flexibility index (Phi) is 5.06. The summed E-state index contributed by atoms with van der Waals surface area (Å²) in [5.74, 6) is 2.03. The number of carbonyl (C=O) groups excluding carboxylic acids is 1. The van der Waals surface area contributed by atoms with Crippen LogP contribution in [-0.4, -0.2) is 43.6 Å². The first-order chi connectivity index (χ1) is 13.6. The topological polar surface area (TPSA) is 73.1 Å². The lowest BCUT2D eigenvalue weighted by Crippen LogP contribution is -2.39. The molecule has 7 nitrogen and oxygen atoms in total. The van der Waals surface area contributed by atoms with E-state index in [-0.39, 0.29) is 11.8 Å². The van der Waals surface area contributed by atoms with Crippen molar-refractivity contribution in [2.45, 2.75) is 25.7 Å². The number of hydrogen-bond acceptors (Lipinski definition) is 5. The maximum atomic E-state index is 12.7. The van der Waals surface area contributed by atoms with Crippen molar-refractivity contribution >= 4 is 5.91 Å². The molecule has 3 aromatic rings. The summed E-state index contributed by atoms with van der Waals surface area (Å²) in [5, 5.41) is 4.23. The second kappa shape index (κ2) is 7.80. The lowest BCUT2D eigenvalue weighted by molar-refractivity contribution is 0.0697. The fraction of sp³-hybridized carbons (Fsp3) is 0.333. The zero-order valence-corrected chi connectivity index (χ0v) is 16.1. The molecule has 0 radical (unpaired) electrons. The van der Waals surface area contributed by atoms with E-state index in [1.165, 1.54) is 0 Å². The summed E-state index contributed by atoms with van der Waals surface area (Å²) in [5.41, 5.74) is 1.32. The number of aromatic nitrogens is 4. The fourth-order valence-electron chi connectivity index (χ4n) is 3.47. The molecule has 0 N–H and O–H groups in total. The quantitative estimate of drug-likeness (QED) is 0.697. The molecular formula is C21H23N5O2. The Hall–Kier alpha value is -3.22. The van der Waals surface area contributed by atoms with Gasteiger partial charge in [0.15, 0.2) is 0 Å². The summed E-state index contributed by atoms with van der Waals surface area (Å²) in [4.78, 5) is 23.8. The average Bonchev–Trinajstić information content (AvgIpc) is 3.14. The zero-order valence-electron chi connectivity index (χ0n) is 16.1. The average molecular weight is 377 g/mol. The van der Waals surface area contributed by atoms with Crippen LogP contribution >= 0.6 is 0 Å². The van der Waals surface area contributed by atoms with E-state index in [2.05, 4.69) is 15.1 Å². The predicted octanol–water partition coefficient (Wildman–Crippen LogP) is 3.33. The van der Waals surface area contributed by atoms with Crippen LogP contribution in [0.25, 0.3) is 0 Å². The van der Waals surface area contributed by atoms with E-state index in [4.69, 9.17) is 4.74 Å². The third kappa shape index (κ3) is 4.03. The highest BCUT2D eigenvalue weighted by molar-refractivity contribution is 5.92. The molecule has 0 saturated carbocycles. The largest absolute Gasteiger partial charge is 0.439 e. The number of carbonyl (C=O) groups is 1. The van der Waals surface area contributed by atoms with Crippen LogP contribution in [-0.2, 0) is 7.05 Å². The molecule has 144 valence electrons. The lowest BCUT2D eigenvalue weighted by atomic mass is 9.96. The number of aryl methyl sites for hydroxylation is 2. The molecule has 1 fully saturated rings. The number of ether oxygens (including phenoxy) is 1. The van der Waals surface area contributed by atoms with Crippen molar-refractivity contribution in [1.29, 1.82) is 0 Å². The molecule has 2 aromatic heterocycles. The molecule has 0 bridgehead atoms. The minimum absolute atomic E-state index is 0.0429. The zero-order chi connectivity index (χ0) is 19.5. The normalized spacial score (nSPS) is 16.8. The fourth-order valence-corrected chi connectivity index (χ4v) is 3.47. The van der Waals surface area contributed by atoms with Crippen molar-refractivity contribution in [2.24, 2.45) is 7.05 Å². The Balaban J connectivity index is 1.52. The van der Waals surface area contributed by atoms with Crippen molar-refractivity contribution < 1.29 is 9.53 Å². The van der Waals surface area contributed by atoms with Crippen molar-refractivity contribution in [1.82, 2.24) is 24.6 Å². The maximum Gasteiger partial charge on any atom is 0.274 e. The smallest absolute Gasteiger partial charge is 0.274 e. The Morgan fingerprint density at radius 2 is 2.00 bits per heavy atom. The van der Waals surface area contributed by atoms with Crippen molar-refractivity contribution in [2.75, 3.05) is 13.1 Å². The highest BCUT2D eigenvalue weighted by Crippen LogP contribution is 2.28. The molecule has 4 rings (SSSR count). The molecular weight excluding hydrogens is 354 g/mol. The van der Waals surface area contributed by atoms with Gasteiger partial charge in [0, 0.05) is 44.0 Å². The highest BCUT2D eigenvalue weighted by atomic mass is 16.5. The second-order valence-electron chi connectivity index (χ2n) is 7.09. The molecule has 1 atom stereocenters. The molecule has 3 heterocycles. The number of rotatable bonds is 4. The molecule has 28 heavy (non-hydrogen) atoms. The molecule has 0 aliphatic carbocycles. The molecule has 0 unspecified atom stereocenters. The molecule has 0 spiro atoms. The van der Waals surface area contributed by atoms with Crippen LogP contribution < -0.4 is 4.74 Å². The van der Waals surface area contributed by atoms with Gasteiger partial charge in [-0.25, -0.2) is 4.98 Å². The van der Waals surface area contributed by atoms with Crippen LogP contribution in [0.2, 0.25) is 0 Å². The van der Waals surface area contributed by atoms with E-state index < -0.39 is 0 Å². The molecule has 1 saturated heterocycles. The summed E-state index contributed by atoms with van der Waals surface area (Å²) in [7, 11) is 1.81. The maximum absolute atomic E-state index is 12.7. The van der Waals surface area contributed by atoms with Crippen LogP contribution in [0.5, 0.6) is 11.6 Å². The van der Waals surface area contributed by atoms with E-state index in [0.29, 0.717) is 18.1 Å². The second-order valence-corrected chi connectivity index (χ2v) is 7.09. The third-order valence-corrected chi connectivity index (χ3v) is 4.82. The van der Waals surface area contributed by atoms with Crippen LogP contribution in [0.4, 0.5) is 0 Å². The van der Waals surface area contributed by atoms with Gasteiger partial charge in [-0.3, -0.25) is 9.48 Å². The van der Waals surface area contributed by atoms with Crippen molar-refractivity contribution in [3.8, 4) is 11.6 Å². The minimum atomic E-state index is -0.0429. The standard InChI is InChI=1S/C21H23N5O2/c1-15-13-19(28-17-8-4-3-5-9-17)23-20(22-15)16-7-6-11-26(14-16)21(27)18-10-12-25(2)24-18/h3-5,8-10,12-13,16H,6-7,11,14H2,1-2H3/t16-/m0/s1. The van der Waals surface area contributed by atoms with E-state index in [0.717, 1.165) is 36.7 Å². The number of hydrogen-bond donors (Lipinski definition) is 0. The monoisotopic (exact) mass is 377 g/mol. The third-order valence-electron chi connectivity index (χ3n) is 4.82. The van der Waals surface area contributed by atoms with Gasteiger partial charge in [0.25, 0.3) is 5.91 Å². The number of piperidine rings is 1. The predicted molar refractivity (Wildman–Crippen MR) is 104 cm³/mol. The van der Waals surface area contributed by atoms with Gasteiger partial charge in [-0.1, -0.05) is 18.2 Å². The molecule has 1 amide bonds. The number of para-hydroxylation sites is 1. The van der Waals surface area contributed by atoms with Gasteiger partial charge in [0.1, 0.15) is 17.3 Å². The van der Waals surface area contributed by atoms with E-state index >= 15 is 0 Å². The Morgan fingerprint density at radius 3 is 2.75 bits per heavy atom. The summed E-state index contributed by atoms with van der Waals surface area (Å²) in [6.45, 7) is 3.25. The summed E-state index contributed by atoms with van der Waals surface area (Å²) < 4.78 is 7.54. The SMILES string of the molecule is Cc1cc(Oc2ccccc2)nc([C@H]2CCCN(C(=O)c3ccn(C)n3)C2)n1. The Bertz CT molecular complexity index is 970. The summed E-state index contributed by atoms with van der Waals surface area (Å²) in [6, 6.07) is 13.2.